The predicted molar refractivity (Wildman–Crippen MR) is 145 cm³/mol. The Balaban J connectivity index is 1.50. The smallest absolute Gasteiger partial charge is 0.219 e. The number of thioether (sulfide) groups is 1. The highest BCUT2D eigenvalue weighted by Crippen LogP contribution is 2.48. The molecule has 0 spiro atoms. The minimum absolute atomic E-state index is 0.0185. The van der Waals surface area contributed by atoms with Crippen LogP contribution in [0.25, 0.3) is 0 Å². The van der Waals surface area contributed by atoms with Gasteiger partial charge >= 0.3 is 0 Å². The van der Waals surface area contributed by atoms with E-state index in [0.717, 1.165) is 5.56 Å². The molecule has 2 aromatic carbocycles. The van der Waals surface area contributed by atoms with Crippen molar-refractivity contribution in [3.8, 4) is 6.07 Å². The van der Waals surface area contributed by atoms with Crippen molar-refractivity contribution in [3.63, 3.8) is 0 Å². The number of hydrogen-bond acceptors (Lipinski definition) is 9. The highest BCUT2D eigenvalue weighted by Gasteiger charge is 2.42. The van der Waals surface area contributed by atoms with Crippen molar-refractivity contribution in [2.75, 3.05) is 10.7 Å². The first-order valence-corrected chi connectivity index (χ1v) is 13.9. The summed E-state index contributed by atoms with van der Waals surface area (Å²) in [6, 6.07) is 13.7. The van der Waals surface area contributed by atoms with Crippen LogP contribution in [0.3, 0.4) is 0 Å². The van der Waals surface area contributed by atoms with Crippen molar-refractivity contribution in [2.24, 2.45) is 5.73 Å². The van der Waals surface area contributed by atoms with E-state index in [-0.39, 0.29) is 45.7 Å². The lowest BCUT2D eigenvalue weighted by Crippen LogP contribution is -2.39. The third-order valence-electron chi connectivity index (χ3n) is 6.49. The van der Waals surface area contributed by atoms with Crippen molar-refractivity contribution < 1.29 is 14.0 Å². The molecule has 0 saturated carbocycles. The summed E-state index contributed by atoms with van der Waals surface area (Å²) >= 11 is 8.82. The maximum Gasteiger partial charge on any atom is 0.219 e. The van der Waals surface area contributed by atoms with Gasteiger partial charge in [0.15, 0.2) is 15.9 Å². The van der Waals surface area contributed by atoms with Gasteiger partial charge in [-0.1, -0.05) is 70.6 Å². The van der Waals surface area contributed by atoms with E-state index >= 15 is 4.39 Å². The van der Waals surface area contributed by atoms with Gasteiger partial charge < -0.3 is 5.73 Å². The van der Waals surface area contributed by atoms with E-state index < -0.39 is 11.7 Å². The van der Waals surface area contributed by atoms with Crippen LogP contribution >= 0.6 is 34.7 Å². The zero-order chi connectivity index (χ0) is 27.0. The van der Waals surface area contributed by atoms with Crippen LogP contribution in [0.1, 0.15) is 46.7 Å². The van der Waals surface area contributed by atoms with Crippen LogP contribution < -0.4 is 10.6 Å². The van der Waals surface area contributed by atoms with Crippen molar-refractivity contribution in [2.45, 2.75) is 36.4 Å². The molecule has 5 rings (SSSR count). The number of nitriles is 1. The van der Waals surface area contributed by atoms with Gasteiger partial charge in [0.2, 0.25) is 5.13 Å². The number of nitrogens with zero attached hydrogens (tertiary/aromatic N) is 4. The van der Waals surface area contributed by atoms with Gasteiger partial charge in [-0.15, -0.1) is 10.2 Å². The van der Waals surface area contributed by atoms with Gasteiger partial charge in [-0.05, 0) is 31.9 Å². The van der Waals surface area contributed by atoms with Crippen LogP contribution in [0.5, 0.6) is 0 Å². The molecule has 11 heteroatoms. The number of allylic oxidation sites excluding steroid dienone is 3. The number of ketones is 2. The number of halogens is 2. The van der Waals surface area contributed by atoms with Crippen LogP contribution in [0.15, 0.2) is 69.5 Å². The Bertz CT molecular complexity index is 1540. The van der Waals surface area contributed by atoms with Crippen LogP contribution in [0.2, 0.25) is 5.02 Å². The molecular weight excluding hydrogens is 545 g/mol. The van der Waals surface area contributed by atoms with Gasteiger partial charge in [0.25, 0.3) is 0 Å². The Morgan fingerprint density at radius 3 is 2.74 bits per heavy atom. The zero-order valence-electron chi connectivity index (χ0n) is 20.2. The summed E-state index contributed by atoms with van der Waals surface area (Å²) in [7, 11) is 0. The quantitative estimate of drug-likeness (QED) is 0.289. The molecule has 1 aliphatic heterocycles. The molecule has 2 aliphatic rings. The fourth-order valence-corrected chi connectivity index (χ4v) is 6.73. The summed E-state index contributed by atoms with van der Waals surface area (Å²) in [6.07, 6.45) is 1.33. The average molecular weight is 566 g/mol. The Morgan fingerprint density at radius 1 is 1.26 bits per heavy atom. The summed E-state index contributed by atoms with van der Waals surface area (Å²) in [6.45, 7) is 1.96. The van der Waals surface area contributed by atoms with Crippen LogP contribution in [0, 0.1) is 24.1 Å². The molecule has 2 heterocycles. The number of Topliss-reactive ketones (excluding diaryl/α,β-unsaturated/α-hetero) is 2. The largest absolute Gasteiger partial charge is 0.384 e. The molecule has 38 heavy (non-hydrogen) atoms. The molecule has 2 N–H and O–H groups in total. The average Bonchev–Trinajstić information content (AvgIpc) is 3.36. The molecule has 1 aliphatic carbocycles. The molecule has 1 atom stereocenters. The van der Waals surface area contributed by atoms with E-state index in [4.69, 9.17) is 17.3 Å². The van der Waals surface area contributed by atoms with Crippen LogP contribution in [-0.2, 0) is 4.79 Å². The number of hydrogen-bond donors (Lipinski definition) is 1. The molecule has 7 nitrogen and oxygen atoms in total. The molecule has 3 aromatic rings. The van der Waals surface area contributed by atoms with Crippen molar-refractivity contribution in [3.05, 3.63) is 92.7 Å². The SMILES string of the molecule is Cc1ccc(C(=O)CSc2nnc(N3C(N)=C(C#N)C(c4c(F)cccc4Cl)C4=C3CCCC4=O)s2)cc1. The van der Waals surface area contributed by atoms with E-state index in [1.54, 1.807) is 17.0 Å². The first kappa shape index (κ1) is 26.1. The van der Waals surface area contributed by atoms with Gasteiger partial charge in [0.05, 0.1) is 23.3 Å². The number of aryl methyl sites for hydroxylation is 1. The number of rotatable bonds is 6. The fourth-order valence-electron chi connectivity index (χ4n) is 4.68. The van der Waals surface area contributed by atoms with E-state index in [1.807, 2.05) is 19.1 Å². The van der Waals surface area contributed by atoms with E-state index in [9.17, 15) is 14.9 Å². The lowest BCUT2D eigenvalue weighted by atomic mass is 9.75. The van der Waals surface area contributed by atoms with Gasteiger partial charge in [0.1, 0.15) is 11.6 Å². The van der Waals surface area contributed by atoms with Gasteiger partial charge in [-0.25, -0.2) is 4.39 Å². The van der Waals surface area contributed by atoms with Crippen LogP contribution in [-0.4, -0.2) is 27.5 Å². The third kappa shape index (κ3) is 4.73. The number of benzene rings is 2. The topological polar surface area (TPSA) is 113 Å². The predicted octanol–water partition coefficient (Wildman–Crippen LogP) is 5.92. The number of aromatic nitrogens is 2. The van der Waals surface area contributed by atoms with E-state index in [1.165, 1.54) is 41.3 Å². The molecule has 0 saturated heterocycles. The lowest BCUT2D eigenvalue weighted by molar-refractivity contribution is -0.116. The Morgan fingerprint density at radius 2 is 2.03 bits per heavy atom. The molecule has 192 valence electrons. The molecule has 1 unspecified atom stereocenters. The second-order valence-electron chi connectivity index (χ2n) is 8.88. The summed E-state index contributed by atoms with van der Waals surface area (Å²) in [5, 5.41) is 19.0. The maximum atomic E-state index is 15.0. The minimum Gasteiger partial charge on any atom is -0.384 e. The fraction of sp³-hybridized carbons (Fsp3) is 0.222. The molecule has 0 radical (unpaired) electrons. The second-order valence-corrected chi connectivity index (χ2v) is 11.5. The minimum atomic E-state index is -1.01. The number of carbonyl (C=O) groups is 2. The van der Waals surface area contributed by atoms with Gasteiger partial charge in [0, 0.05) is 33.8 Å². The van der Waals surface area contributed by atoms with E-state index in [0.29, 0.717) is 39.1 Å². The Labute approximate surface area is 231 Å². The Hall–Kier alpha value is -3.52. The monoisotopic (exact) mass is 565 g/mol. The number of nitrogens with two attached hydrogens (primary N) is 1. The van der Waals surface area contributed by atoms with E-state index in [2.05, 4.69) is 16.3 Å². The summed E-state index contributed by atoms with van der Waals surface area (Å²) < 4.78 is 15.6. The highest BCUT2D eigenvalue weighted by atomic mass is 35.5. The molecular formula is C27H21ClFN5O2S2. The standard InChI is InChI=1S/C27H21ClFN5O2S2/c1-14-8-10-15(11-9-14)21(36)13-37-27-33-32-26(38-27)34-19-6-3-7-20(35)24(19)22(16(12-30)25(34)31)23-17(28)4-2-5-18(23)29/h2,4-5,8-11,22H,3,6-7,13,31H2,1H3. The van der Waals surface area contributed by atoms with Crippen molar-refractivity contribution in [1.82, 2.24) is 10.2 Å². The van der Waals surface area contributed by atoms with Crippen molar-refractivity contribution in [1.29, 1.82) is 5.26 Å². The van der Waals surface area contributed by atoms with Crippen LogP contribution in [0.4, 0.5) is 9.52 Å². The molecule has 1 aromatic heterocycles. The van der Waals surface area contributed by atoms with Gasteiger partial charge in [-0.2, -0.15) is 5.26 Å². The molecule has 0 fully saturated rings. The van der Waals surface area contributed by atoms with Gasteiger partial charge in [-0.3, -0.25) is 14.5 Å². The molecule has 0 bridgehead atoms. The maximum absolute atomic E-state index is 15.0. The number of anilines is 1. The lowest BCUT2D eigenvalue weighted by Gasteiger charge is -2.38. The first-order chi connectivity index (χ1) is 18.3. The zero-order valence-corrected chi connectivity index (χ0v) is 22.6. The summed E-state index contributed by atoms with van der Waals surface area (Å²) in [4.78, 5) is 27.4. The molecule has 0 amide bonds. The normalized spacial score (nSPS) is 17.5. The third-order valence-corrected chi connectivity index (χ3v) is 8.86. The second kappa shape index (κ2) is 10.7. The number of carbonyl (C=O) groups excluding carboxylic acids is 2. The Kier molecular flexibility index (Phi) is 7.34. The summed E-state index contributed by atoms with van der Waals surface area (Å²) in [5.74, 6) is -1.64. The highest BCUT2D eigenvalue weighted by molar-refractivity contribution is 8.01. The van der Waals surface area contributed by atoms with Crippen molar-refractivity contribution >= 4 is 51.4 Å². The first-order valence-electron chi connectivity index (χ1n) is 11.8. The summed E-state index contributed by atoms with van der Waals surface area (Å²) in [5.41, 5.74) is 9.13.